The maximum Gasteiger partial charge on any atom is 0.261 e. The van der Waals surface area contributed by atoms with Gasteiger partial charge in [-0.05, 0) is 54.8 Å². The van der Waals surface area contributed by atoms with E-state index in [0.717, 1.165) is 11.1 Å². The molecule has 0 aliphatic carbocycles. The summed E-state index contributed by atoms with van der Waals surface area (Å²) in [4.78, 5) is 16.2. The van der Waals surface area contributed by atoms with Gasteiger partial charge in [0.1, 0.15) is 5.75 Å². The molecule has 1 aromatic heterocycles. The third-order valence-electron chi connectivity index (χ3n) is 3.29. The van der Waals surface area contributed by atoms with Gasteiger partial charge in [0, 0.05) is 24.0 Å². The van der Waals surface area contributed by atoms with E-state index < -0.39 is 6.10 Å². The first kappa shape index (κ1) is 16.3. The fraction of sp³-hybridized carbons (Fsp3) is 0.294. The molecule has 0 saturated heterocycles. The number of halogens is 1. The maximum atomic E-state index is 12.2. The number of nitrogens with one attached hydrogen (secondary N) is 1. The van der Waals surface area contributed by atoms with Crippen LogP contribution in [-0.2, 0) is 11.3 Å². The Morgan fingerprint density at radius 1 is 1.32 bits per heavy atom. The van der Waals surface area contributed by atoms with E-state index >= 15 is 0 Å². The minimum atomic E-state index is -0.526. The highest BCUT2D eigenvalue weighted by molar-refractivity contribution is 6.31. The summed E-state index contributed by atoms with van der Waals surface area (Å²) in [5, 5.41) is 3.56. The number of hydrogen-bond donors (Lipinski definition) is 1. The van der Waals surface area contributed by atoms with E-state index in [2.05, 4.69) is 10.3 Å². The molecule has 1 aromatic carbocycles. The van der Waals surface area contributed by atoms with Gasteiger partial charge in [-0.2, -0.15) is 0 Å². The molecule has 1 heterocycles. The monoisotopic (exact) mass is 318 g/mol. The number of nitrogens with zero attached hydrogens (tertiary/aromatic N) is 1. The number of aromatic nitrogens is 1. The van der Waals surface area contributed by atoms with Gasteiger partial charge >= 0.3 is 0 Å². The standard InChI is InChI=1S/C17H19ClN2O2/c1-3-16(22-14-4-5-15(18)12(2)10-14)17(21)20-11-13-6-8-19-9-7-13/h4-10,16H,3,11H2,1-2H3,(H,20,21). The molecule has 0 aliphatic rings. The van der Waals surface area contributed by atoms with Crippen molar-refractivity contribution in [1.29, 1.82) is 0 Å². The molecule has 0 radical (unpaired) electrons. The summed E-state index contributed by atoms with van der Waals surface area (Å²) in [5.74, 6) is 0.514. The molecule has 0 fully saturated rings. The zero-order valence-corrected chi connectivity index (χ0v) is 13.4. The lowest BCUT2D eigenvalue weighted by Crippen LogP contribution is -2.37. The molecular formula is C17H19ClN2O2. The molecule has 1 amide bonds. The minimum Gasteiger partial charge on any atom is -0.481 e. The number of pyridine rings is 1. The lowest BCUT2D eigenvalue weighted by molar-refractivity contribution is -0.128. The number of amides is 1. The Morgan fingerprint density at radius 2 is 2.05 bits per heavy atom. The minimum absolute atomic E-state index is 0.132. The van der Waals surface area contributed by atoms with Crippen LogP contribution in [0.15, 0.2) is 42.7 Å². The highest BCUT2D eigenvalue weighted by Gasteiger charge is 2.18. The van der Waals surface area contributed by atoms with Crippen LogP contribution in [-0.4, -0.2) is 17.0 Å². The molecule has 0 saturated carbocycles. The van der Waals surface area contributed by atoms with Gasteiger partial charge in [0.25, 0.3) is 5.91 Å². The van der Waals surface area contributed by atoms with Gasteiger partial charge in [0.2, 0.25) is 0 Å². The number of carbonyl (C=O) groups is 1. The second kappa shape index (κ2) is 7.80. The van der Waals surface area contributed by atoms with Crippen LogP contribution in [0.25, 0.3) is 0 Å². The third-order valence-corrected chi connectivity index (χ3v) is 3.71. The topological polar surface area (TPSA) is 51.2 Å². The summed E-state index contributed by atoms with van der Waals surface area (Å²) in [6, 6.07) is 9.11. The molecule has 2 rings (SSSR count). The number of benzene rings is 1. The Labute approximate surface area is 135 Å². The fourth-order valence-corrected chi connectivity index (χ4v) is 2.10. The average Bonchev–Trinajstić information content (AvgIpc) is 2.54. The second-order valence-electron chi connectivity index (χ2n) is 5.00. The van der Waals surface area contributed by atoms with Gasteiger partial charge in [0.15, 0.2) is 6.10 Å². The van der Waals surface area contributed by atoms with Gasteiger partial charge < -0.3 is 10.1 Å². The van der Waals surface area contributed by atoms with Crippen molar-refractivity contribution in [1.82, 2.24) is 10.3 Å². The smallest absolute Gasteiger partial charge is 0.261 e. The molecule has 2 aromatic rings. The molecule has 5 heteroatoms. The van der Waals surface area contributed by atoms with Gasteiger partial charge in [-0.1, -0.05) is 18.5 Å². The molecule has 22 heavy (non-hydrogen) atoms. The largest absolute Gasteiger partial charge is 0.481 e. The Morgan fingerprint density at radius 3 is 2.68 bits per heavy atom. The lowest BCUT2D eigenvalue weighted by Gasteiger charge is -2.18. The van der Waals surface area contributed by atoms with Gasteiger partial charge in [-0.25, -0.2) is 0 Å². The number of carbonyl (C=O) groups excluding carboxylic acids is 1. The molecule has 1 atom stereocenters. The number of aryl methyl sites for hydroxylation is 1. The third kappa shape index (κ3) is 4.46. The second-order valence-corrected chi connectivity index (χ2v) is 5.41. The Bertz CT molecular complexity index is 632. The molecular weight excluding hydrogens is 300 g/mol. The van der Waals surface area contributed by atoms with Crippen molar-refractivity contribution in [3.8, 4) is 5.75 Å². The average molecular weight is 319 g/mol. The summed E-state index contributed by atoms with van der Waals surface area (Å²) in [6.45, 7) is 4.28. The zero-order chi connectivity index (χ0) is 15.9. The highest BCUT2D eigenvalue weighted by atomic mass is 35.5. The van der Waals surface area contributed by atoms with E-state index in [4.69, 9.17) is 16.3 Å². The van der Waals surface area contributed by atoms with E-state index in [1.807, 2.05) is 32.0 Å². The summed E-state index contributed by atoms with van der Waals surface area (Å²) < 4.78 is 5.77. The fourth-order valence-electron chi connectivity index (χ4n) is 1.98. The van der Waals surface area contributed by atoms with E-state index in [9.17, 15) is 4.79 Å². The first-order valence-corrected chi connectivity index (χ1v) is 7.57. The molecule has 1 N–H and O–H groups in total. The summed E-state index contributed by atoms with van der Waals surface area (Å²) >= 11 is 5.99. The van der Waals surface area contributed by atoms with Crippen molar-refractivity contribution >= 4 is 17.5 Å². The normalized spacial score (nSPS) is 11.8. The van der Waals surface area contributed by atoms with Crippen LogP contribution in [0.5, 0.6) is 5.75 Å². The molecule has 0 aliphatic heterocycles. The number of hydrogen-bond acceptors (Lipinski definition) is 3. The summed E-state index contributed by atoms with van der Waals surface area (Å²) in [5.41, 5.74) is 1.92. The maximum absolute atomic E-state index is 12.2. The summed E-state index contributed by atoms with van der Waals surface area (Å²) in [7, 11) is 0. The van der Waals surface area contributed by atoms with Crippen LogP contribution in [0.1, 0.15) is 24.5 Å². The molecule has 1 unspecified atom stereocenters. The van der Waals surface area contributed by atoms with Crippen LogP contribution < -0.4 is 10.1 Å². The quantitative estimate of drug-likeness (QED) is 0.886. The Hall–Kier alpha value is -2.07. The predicted octanol–water partition coefficient (Wildman–Crippen LogP) is 3.52. The lowest BCUT2D eigenvalue weighted by atomic mass is 10.2. The van der Waals surface area contributed by atoms with E-state index in [1.54, 1.807) is 24.5 Å². The van der Waals surface area contributed by atoms with Gasteiger partial charge in [-0.3, -0.25) is 9.78 Å². The van der Waals surface area contributed by atoms with E-state index in [-0.39, 0.29) is 5.91 Å². The molecule has 0 bridgehead atoms. The van der Waals surface area contributed by atoms with E-state index in [1.165, 1.54) is 0 Å². The number of ether oxygens (including phenoxy) is 1. The predicted molar refractivity (Wildman–Crippen MR) is 87.0 cm³/mol. The highest BCUT2D eigenvalue weighted by Crippen LogP contribution is 2.22. The van der Waals surface area contributed by atoms with Crippen molar-refractivity contribution in [3.63, 3.8) is 0 Å². The van der Waals surface area contributed by atoms with Gasteiger partial charge in [0.05, 0.1) is 0 Å². The Balaban J connectivity index is 1.95. The van der Waals surface area contributed by atoms with Crippen LogP contribution in [0.2, 0.25) is 5.02 Å². The zero-order valence-electron chi connectivity index (χ0n) is 12.7. The van der Waals surface area contributed by atoms with Crippen molar-refractivity contribution in [2.75, 3.05) is 0 Å². The van der Waals surface area contributed by atoms with Crippen molar-refractivity contribution in [2.45, 2.75) is 32.9 Å². The molecule has 116 valence electrons. The molecule has 4 nitrogen and oxygen atoms in total. The van der Waals surface area contributed by atoms with Crippen molar-refractivity contribution < 1.29 is 9.53 Å². The van der Waals surface area contributed by atoms with Gasteiger partial charge in [-0.15, -0.1) is 0 Å². The number of rotatable bonds is 6. The SMILES string of the molecule is CCC(Oc1ccc(Cl)c(C)c1)C(=O)NCc1ccncc1. The first-order chi connectivity index (χ1) is 10.6. The molecule has 0 spiro atoms. The van der Waals surface area contributed by atoms with Crippen molar-refractivity contribution in [2.24, 2.45) is 0 Å². The van der Waals surface area contributed by atoms with Crippen LogP contribution in [0.4, 0.5) is 0 Å². The van der Waals surface area contributed by atoms with Crippen LogP contribution in [0, 0.1) is 6.92 Å². The Kier molecular flexibility index (Phi) is 5.78. The van der Waals surface area contributed by atoms with Crippen LogP contribution in [0.3, 0.4) is 0 Å². The van der Waals surface area contributed by atoms with E-state index in [0.29, 0.717) is 23.7 Å². The summed E-state index contributed by atoms with van der Waals surface area (Å²) in [6.07, 6.45) is 3.46. The first-order valence-electron chi connectivity index (χ1n) is 7.19. The van der Waals surface area contributed by atoms with Crippen LogP contribution >= 0.6 is 11.6 Å². The van der Waals surface area contributed by atoms with Crippen molar-refractivity contribution in [3.05, 3.63) is 58.9 Å².